The SMILES string of the molecule is CC1CCC(N2CCN(C[C@@H]3C[C@@H]4C=C[C@H]3C4)CC2)CC1. The molecule has 3 atom stereocenters. The van der Waals surface area contributed by atoms with Gasteiger partial charge in [-0.2, -0.15) is 0 Å². The third kappa shape index (κ3) is 3.07. The molecule has 0 aromatic rings. The van der Waals surface area contributed by atoms with Crippen molar-refractivity contribution in [2.24, 2.45) is 23.7 Å². The summed E-state index contributed by atoms with van der Waals surface area (Å²) in [5, 5.41) is 0. The van der Waals surface area contributed by atoms with Crippen LogP contribution in [0.5, 0.6) is 0 Å². The van der Waals surface area contributed by atoms with Gasteiger partial charge in [-0.3, -0.25) is 4.90 Å². The Balaban J connectivity index is 1.23. The molecule has 2 heteroatoms. The molecule has 1 aliphatic heterocycles. The summed E-state index contributed by atoms with van der Waals surface area (Å²) < 4.78 is 0. The highest BCUT2D eigenvalue weighted by Gasteiger charge is 2.37. The van der Waals surface area contributed by atoms with Crippen LogP contribution in [0.3, 0.4) is 0 Å². The van der Waals surface area contributed by atoms with E-state index < -0.39 is 0 Å². The number of hydrogen-bond donors (Lipinski definition) is 0. The molecule has 3 aliphatic carbocycles. The van der Waals surface area contributed by atoms with E-state index in [1.165, 1.54) is 71.2 Å². The predicted octanol–water partition coefficient (Wildman–Crippen LogP) is 3.39. The molecular formula is C19H32N2. The van der Waals surface area contributed by atoms with Crippen molar-refractivity contribution < 1.29 is 0 Å². The number of piperazine rings is 1. The van der Waals surface area contributed by atoms with Crippen molar-refractivity contribution in [1.82, 2.24) is 9.80 Å². The quantitative estimate of drug-likeness (QED) is 0.735. The number of fused-ring (bicyclic) bond motifs is 2. The fourth-order valence-electron chi connectivity index (χ4n) is 5.35. The van der Waals surface area contributed by atoms with Gasteiger partial charge in [0.15, 0.2) is 0 Å². The summed E-state index contributed by atoms with van der Waals surface area (Å²) in [6.07, 6.45) is 13.8. The van der Waals surface area contributed by atoms with E-state index in [0.717, 1.165) is 29.7 Å². The average Bonchev–Trinajstić information content (AvgIpc) is 3.12. The van der Waals surface area contributed by atoms with Crippen LogP contribution in [0.4, 0.5) is 0 Å². The van der Waals surface area contributed by atoms with Gasteiger partial charge in [0, 0.05) is 38.8 Å². The molecule has 0 aromatic carbocycles. The van der Waals surface area contributed by atoms with Crippen LogP contribution in [0, 0.1) is 23.7 Å². The third-order valence-electron chi connectivity index (χ3n) is 6.82. The molecule has 2 bridgehead atoms. The van der Waals surface area contributed by atoms with Crippen molar-refractivity contribution in [3.8, 4) is 0 Å². The molecule has 0 N–H and O–H groups in total. The lowest BCUT2D eigenvalue weighted by atomic mass is 9.86. The molecule has 118 valence electrons. The van der Waals surface area contributed by atoms with E-state index in [1.54, 1.807) is 0 Å². The minimum absolute atomic E-state index is 0.911. The van der Waals surface area contributed by atoms with Crippen LogP contribution in [-0.2, 0) is 0 Å². The molecule has 0 radical (unpaired) electrons. The minimum atomic E-state index is 0.911. The fourth-order valence-corrected chi connectivity index (χ4v) is 5.35. The smallest absolute Gasteiger partial charge is 0.0113 e. The van der Waals surface area contributed by atoms with E-state index in [2.05, 4.69) is 28.9 Å². The second-order valence-electron chi connectivity index (χ2n) is 8.29. The Labute approximate surface area is 130 Å². The number of rotatable bonds is 3. The van der Waals surface area contributed by atoms with Crippen molar-refractivity contribution >= 4 is 0 Å². The van der Waals surface area contributed by atoms with Gasteiger partial charge in [-0.05, 0) is 62.2 Å². The zero-order valence-corrected chi connectivity index (χ0v) is 13.7. The summed E-state index contributed by atoms with van der Waals surface area (Å²) in [5.74, 6) is 3.81. The maximum Gasteiger partial charge on any atom is 0.0113 e. The highest BCUT2D eigenvalue weighted by atomic mass is 15.3. The second kappa shape index (κ2) is 6.04. The molecule has 1 saturated heterocycles. The first kappa shape index (κ1) is 14.3. The Morgan fingerprint density at radius 2 is 1.67 bits per heavy atom. The first-order chi connectivity index (χ1) is 10.3. The van der Waals surface area contributed by atoms with Crippen LogP contribution in [0.2, 0.25) is 0 Å². The molecule has 1 heterocycles. The van der Waals surface area contributed by atoms with Gasteiger partial charge in [0.25, 0.3) is 0 Å². The maximum atomic E-state index is 2.81. The zero-order valence-electron chi connectivity index (χ0n) is 13.7. The highest BCUT2D eigenvalue weighted by molar-refractivity contribution is 5.10. The summed E-state index contributed by atoms with van der Waals surface area (Å²) in [4.78, 5) is 5.57. The Kier molecular flexibility index (Phi) is 4.10. The Hall–Kier alpha value is -0.340. The van der Waals surface area contributed by atoms with Crippen LogP contribution < -0.4 is 0 Å². The van der Waals surface area contributed by atoms with E-state index in [4.69, 9.17) is 0 Å². The first-order valence-corrected chi connectivity index (χ1v) is 9.42. The lowest BCUT2D eigenvalue weighted by Crippen LogP contribution is -2.52. The van der Waals surface area contributed by atoms with Crippen molar-refractivity contribution in [3.05, 3.63) is 12.2 Å². The monoisotopic (exact) mass is 288 g/mol. The molecule has 0 amide bonds. The maximum absolute atomic E-state index is 2.81. The van der Waals surface area contributed by atoms with Crippen molar-refractivity contribution in [2.45, 2.75) is 51.5 Å². The van der Waals surface area contributed by atoms with Gasteiger partial charge in [-0.25, -0.2) is 0 Å². The van der Waals surface area contributed by atoms with E-state index >= 15 is 0 Å². The summed E-state index contributed by atoms with van der Waals surface area (Å²) in [7, 11) is 0. The normalized spacial score (nSPS) is 44.5. The average molecular weight is 288 g/mol. The molecule has 4 aliphatic rings. The van der Waals surface area contributed by atoms with Crippen LogP contribution in [0.15, 0.2) is 12.2 Å². The van der Waals surface area contributed by atoms with Gasteiger partial charge in [0.05, 0.1) is 0 Å². The topological polar surface area (TPSA) is 6.48 Å². The van der Waals surface area contributed by atoms with Gasteiger partial charge >= 0.3 is 0 Å². The second-order valence-corrected chi connectivity index (χ2v) is 8.29. The van der Waals surface area contributed by atoms with E-state index in [0.29, 0.717) is 0 Å². The Morgan fingerprint density at radius 1 is 0.905 bits per heavy atom. The van der Waals surface area contributed by atoms with E-state index in [-0.39, 0.29) is 0 Å². The summed E-state index contributed by atoms with van der Waals surface area (Å²) in [6.45, 7) is 9.11. The number of allylic oxidation sites excluding steroid dienone is 2. The number of nitrogens with zero attached hydrogens (tertiary/aromatic N) is 2. The van der Waals surface area contributed by atoms with Crippen LogP contribution in [0.1, 0.15) is 45.4 Å². The van der Waals surface area contributed by atoms with Gasteiger partial charge in [-0.1, -0.05) is 19.1 Å². The largest absolute Gasteiger partial charge is 0.300 e. The molecule has 2 nitrogen and oxygen atoms in total. The van der Waals surface area contributed by atoms with Crippen molar-refractivity contribution in [2.75, 3.05) is 32.7 Å². The zero-order chi connectivity index (χ0) is 14.2. The van der Waals surface area contributed by atoms with Crippen LogP contribution in [0.25, 0.3) is 0 Å². The minimum Gasteiger partial charge on any atom is -0.300 e. The van der Waals surface area contributed by atoms with E-state index in [1.807, 2.05) is 0 Å². The van der Waals surface area contributed by atoms with Gasteiger partial charge in [0.1, 0.15) is 0 Å². The van der Waals surface area contributed by atoms with Gasteiger partial charge in [-0.15, -0.1) is 0 Å². The van der Waals surface area contributed by atoms with E-state index in [9.17, 15) is 0 Å². The summed E-state index contributed by atoms with van der Waals surface area (Å²) in [6, 6.07) is 0.911. The predicted molar refractivity (Wildman–Crippen MR) is 88.3 cm³/mol. The molecule has 3 fully saturated rings. The Morgan fingerprint density at radius 3 is 2.29 bits per heavy atom. The standard InChI is InChI=1S/C19H32N2/c1-15-2-6-19(7-3-15)21-10-8-20(9-11-21)14-18-13-16-4-5-17(18)12-16/h4-5,15-19H,2-3,6-14H2,1H3/t15?,16-,17+,18+,19?/m1/s1. The summed E-state index contributed by atoms with van der Waals surface area (Å²) >= 11 is 0. The lowest BCUT2D eigenvalue weighted by Gasteiger charge is -2.42. The first-order valence-electron chi connectivity index (χ1n) is 9.42. The summed E-state index contributed by atoms with van der Waals surface area (Å²) in [5.41, 5.74) is 0. The van der Waals surface area contributed by atoms with Gasteiger partial charge < -0.3 is 4.90 Å². The molecule has 0 unspecified atom stereocenters. The molecule has 0 aromatic heterocycles. The highest BCUT2D eigenvalue weighted by Crippen LogP contribution is 2.43. The molecule has 21 heavy (non-hydrogen) atoms. The van der Waals surface area contributed by atoms with Crippen LogP contribution in [-0.4, -0.2) is 48.6 Å². The van der Waals surface area contributed by atoms with Crippen LogP contribution >= 0.6 is 0 Å². The van der Waals surface area contributed by atoms with Crippen molar-refractivity contribution in [1.29, 1.82) is 0 Å². The molecular weight excluding hydrogens is 256 g/mol. The lowest BCUT2D eigenvalue weighted by molar-refractivity contribution is 0.0628. The Bertz CT molecular complexity index is 375. The fraction of sp³-hybridized carbons (Fsp3) is 0.895. The van der Waals surface area contributed by atoms with Crippen molar-refractivity contribution in [3.63, 3.8) is 0 Å². The third-order valence-corrected chi connectivity index (χ3v) is 6.82. The molecule has 0 spiro atoms. The van der Waals surface area contributed by atoms with Gasteiger partial charge in [0.2, 0.25) is 0 Å². The molecule has 2 saturated carbocycles. The number of hydrogen-bond acceptors (Lipinski definition) is 2. The molecule has 4 rings (SSSR count).